The zero-order valence-electron chi connectivity index (χ0n) is 17.3. The first-order valence-corrected chi connectivity index (χ1v) is 10.9. The normalized spacial score (nSPS) is 18.0. The number of methoxy groups -OCH3 is 5. The summed E-state index contributed by atoms with van der Waals surface area (Å²) < 4.78 is 26.7. The number of nitrogens with zero attached hydrogens (tertiary/aromatic N) is 1. The number of ether oxygens (including phenoxy) is 5. The van der Waals surface area contributed by atoms with E-state index in [1.165, 1.54) is 14.2 Å². The molecule has 1 fully saturated rings. The van der Waals surface area contributed by atoms with Crippen molar-refractivity contribution in [3.63, 3.8) is 0 Å². The van der Waals surface area contributed by atoms with Crippen molar-refractivity contribution >= 4 is 29.2 Å². The molecule has 1 saturated heterocycles. The van der Waals surface area contributed by atoms with Crippen LogP contribution in [-0.4, -0.2) is 46.2 Å². The Kier molecular flexibility index (Phi) is 7.09. The van der Waals surface area contributed by atoms with E-state index < -0.39 is 4.92 Å². The van der Waals surface area contributed by atoms with Gasteiger partial charge in [0.05, 0.1) is 50.6 Å². The standard InChI is InChI=1S/C20H23NO7S2/c1-24-13-7-6-12(17(21(22)23)19(13)28-5)20-29-10-16(30-20)11-8-14(25-2)18(27-4)15(9-11)26-3/h6-9,16,20H,10H2,1-5H3/t16-,20-/m0/s1. The summed E-state index contributed by atoms with van der Waals surface area (Å²) in [6.45, 7) is 0. The summed E-state index contributed by atoms with van der Waals surface area (Å²) in [7, 11) is 7.58. The number of hydrogen-bond donors (Lipinski definition) is 0. The molecule has 2 atom stereocenters. The SMILES string of the molecule is COc1cc([C@@H]2CS[C@H](c3ccc(OC)c(OC)c3[N+](=O)[O-])S2)cc(OC)c1OC. The first-order chi connectivity index (χ1) is 14.5. The lowest BCUT2D eigenvalue weighted by molar-refractivity contribution is -0.386. The predicted molar refractivity (Wildman–Crippen MR) is 118 cm³/mol. The molecule has 8 nitrogen and oxygen atoms in total. The third-order valence-electron chi connectivity index (χ3n) is 4.73. The lowest BCUT2D eigenvalue weighted by Crippen LogP contribution is -2.02. The Hall–Kier alpha value is -2.46. The van der Waals surface area contributed by atoms with E-state index in [2.05, 4.69) is 0 Å². The molecule has 2 aromatic carbocycles. The summed E-state index contributed by atoms with van der Waals surface area (Å²) in [5.41, 5.74) is 1.54. The van der Waals surface area contributed by atoms with Gasteiger partial charge in [-0.05, 0) is 29.8 Å². The predicted octanol–water partition coefficient (Wildman–Crippen LogP) is 4.86. The third-order valence-corrected chi connectivity index (χ3v) is 8.04. The van der Waals surface area contributed by atoms with Crippen LogP contribution in [0.2, 0.25) is 0 Å². The number of nitro groups is 1. The molecule has 0 N–H and O–H groups in total. The molecule has 10 heteroatoms. The molecule has 0 aromatic heterocycles. The van der Waals surface area contributed by atoms with Crippen LogP contribution >= 0.6 is 23.5 Å². The maximum Gasteiger partial charge on any atom is 0.320 e. The Morgan fingerprint density at radius 3 is 2.00 bits per heavy atom. The largest absolute Gasteiger partial charge is 0.493 e. The fourth-order valence-electron chi connectivity index (χ4n) is 3.33. The van der Waals surface area contributed by atoms with Crippen molar-refractivity contribution in [2.24, 2.45) is 0 Å². The molecule has 0 aliphatic carbocycles. The van der Waals surface area contributed by atoms with Crippen LogP contribution in [0.5, 0.6) is 28.7 Å². The molecule has 0 spiro atoms. The van der Waals surface area contributed by atoms with Crippen LogP contribution in [0.25, 0.3) is 0 Å². The summed E-state index contributed by atoms with van der Waals surface area (Å²) in [4.78, 5) is 11.4. The van der Waals surface area contributed by atoms with Gasteiger partial charge in [-0.25, -0.2) is 0 Å². The van der Waals surface area contributed by atoms with Gasteiger partial charge >= 0.3 is 5.69 Å². The second-order valence-electron chi connectivity index (χ2n) is 6.24. The molecule has 1 aliphatic rings. The lowest BCUT2D eigenvalue weighted by atomic mass is 10.1. The molecular weight excluding hydrogens is 430 g/mol. The van der Waals surface area contributed by atoms with Gasteiger partial charge < -0.3 is 23.7 Å². The second kappa shape index (κ2) is 9.57. The van der Waals surface area contributed by atoms with Crippen LogP contribution in [0.4, 0.5) is 5.69 Å². The van der Waals surface area contributed by atoms with Crippen LogP contribution in [0.3, 0.4) is 0 Å². The summed E-state index contributed by atoms with van der Waals surface area (Å²) >= 11 is 3.29. The van der Waals surface area contributed by atoms with Gasteiger partial charge in [-0.3, -0.25) is 10.1 Å². The highest BCUT2D eigenvalue weighted by Crippen LogP contribution is 2.59. The molecule has 0 radical (unpaired) electrons. The van der Waals surface area contributed by atoms with Crippen molar-refractivity contribution in [3.05, 3.63) is 45.5 Å². The summed E-state index contributed by atoms with van der Waals surface area (Å²) in [6.07, 6.45) is 0. The van der Waals surface area contributed by atoms with E-state index in [-0.39, 0.29) is 21.3 Å². The van der Waals surface area contributed by atoms with Crippen molar-refractivity contribution in [2.75, 3.05) is 41.3 Å². The maximum absolute atomic E-state index is 11.8. The van der Waals surface area contributed by atoms with E-state index >= 15 is 0 Å². The second-order valence-corrected chi connectivity index (χ2v) is 8.99. The quantitative estimate of drug-likeness (QED) is 0.411. The molecule has 1 heterocycles. The first-order valence-electron chi connectivity index (χ1n) is 8.95. The van der Waals surface area contributed by atoms with Gasteiger partial charge in [-0.1, -0.05) is 0 Å². The van der Waals surface area contributed by atoms with Crippen LogP contribution in [-0.2, 0) is 0 Å². The molecule has 2 aromatic rings. The molecule has 0 bridgehead atoms. The van der Waals surface area contributed by atoms with Gasteiger partial charge in [0.15, 0.2) is 17.2 Å². The Bertz CT molecular complexity index is 913. The number of thioether (sulfide) groups is 2. The smallest absolute Gasteiger partial charge is 0.320 e. The van der Waals surface area contributed by atoms with Gasteiger partial charge in [-0.2, -0.15) is 0 Å². The molecule has 0 saturated carbocycles. The molecule has 30 heavy (non-hydrogen) atoms. The third kappa shape index (κ3) is 4.06. The zero-order chi connectivity index (χ0) is 21.8. The minimum Gasteiger partial charge on any atom is -0.493 e. The minimum absolute atomic E-state index is 0.0626. The van der Waals surface area contributed by atoms with Crippen molar-refractivity contribution < 1.29 is 28.6 Å². The molecule has 1 aliphatic heterocycles. The number of rotatable bonds is 8. The Morgan fingerprint density at radius 1 is 0.900 bits per heavy atom. The van der Waals surface area contributed by atoms with Gasteiger partial charge in [0.1, 0.15) is 0 Å². The summed E-state index contributed by atoms with van der Waals surface area (Å²) in [6, 6.07) is 7.28. The zero-order valence-corrected chi connectivity index (χ0v) is 18.9. The van der Waals surface area contributed by atoms with Gasteiger partial charge in [0, 0.05) is 11.0 Å². The highest BCUT2D eigenvalue weighted by Gasteiger charge is 2.36. The summed E-state index contributed by atoms with van der Waals surface area (Å²) in [5.74, 6) is 2.95. The summed E-state index contributed by atoms with van der Waals surface area (Å²) in [5, 5.41) is 11.9. The van der Waals surface area contributed by atoms with E-state index in [0.717, 1.165) is 11.3 Å². The number of nitro benzene ring substituents is 1. The van der Waals surface area contributed by atoms with E-state index in [1.807, 2.05) is 12.1 Å². The minimum atomic E-state index is -0.412. The van der Waals surface area contributed by atoms with Crippen molar-refractivity contribution in [3.8, 4) is 28.7 Å². The highest BCUT2D eigenvalue weighted by atomic mass is 32.2. The molecular formula is C20H23NO7S2. The number of hydrogen-bond acceptors (Lipinski definition) is 9. The first kappa shape index (κ1) is 22.2. The lowest BCUT2D eigenvalue weighted by Gasteiger charge is -2.17. The van der Waals surface area contributed by atoms with Gasteiger partial charge in [0.2, 0.25) is 11.5 Å². The van der Waals surface area contributed by atoms with Crippen molar-refractivity contribution in [2.45, 2.75) is 9.83 Å². The molecule has 162 valence electrons. The van der Waals surface area contributed by atoms with E-state index in [1.54, 1.807) is 57.0 Å². The average molecular weight is 454 g/mol. The Balaban J connectivity index is 1.96. The Labute approximate surface area is 183 Å². The fraction of sp³-hybridized carbons (Fsp3) is 0.400. The monoisotopic (exact) mass is 453 g/mol. The van der Waals surface area contributed by atoms with Crippen LogP contribution in [0.1, 0.15) is 21.0 Å². The van der Waals surface area contributed by atoms with Crippen LogP contribution in [0, 0.1) is 10.1 Å². The van der Waals surface area contributed by atoms with E-state index in [0.29, 0.717) is 28.6 Å². The fourth-order valence-corrected chi connectivity index (χ4v) is 6.67. The maximum atomic E-state index is 11.8. The molecule has 0 amide bonds. The Morgan fingerprint density at radius 2 is 1.50 bits per heavy atom. The number of benzene rings is 2. The van der Waals surface area contributed by atoms with Gasteiger partial charge in [0.25, 0.3) is 0 Å². The average Bonchev–Trinajstić information content (AvgIpc) is 3.26. The van der Waals surface area contributed by atoms with Crippen molar-refractivity contribution in [1.29, 1.82) is 0 Å². The van der Waals surface area contributed by atoms with E-state index in [9.17, 15) is 10.1 Å². The van der Waals surface area contributed by atoms with Crippen molar-refractivity contribution in [1.82, 2.24) is 0 Å². The highest BCUT2D eigenvalue weighted by molar-refractivity contribution is 8.19. The molecule has 3 rings (SSSR count). The molecule has 0 unspecified atom stereocenters. The van der Waals surface area contributed by atoms with Crippen LogP contribution < -0.4 is 23.7 Å². The van der Waals surface area contributed by atoms with Gasteiger partial charge in [-0.15, -0.1) is 23.5 Å². The van der Waals surface area contributed by atoms with Crippen LogP contribution in [0.15, 0.2) is 24.3 Å². The van der Waals surface area contributed by atoms with E-state index in [4.69, 9.17) is 23.7 Å². The topological polar surface area (TPSA) is 89.3 Å².